The van der Waals surface area contributed by atoms with E-state index in [1.807, 2.05) is 36.7 Å². The van der Waals surface area contributed by atoms with Gasteiger partial charge in [0.15, 0.2) is 0 Å². The van der Waals surface area contributed by atoms with Gasteiger partial charge in [-0.1, -0.05) is 12.1 Å². The number of aryl methyl sites for hydroxylation is 2. The molecule has 1 heterocycles. The molecule has 0 aliphatic carbocycles. The van der Waals surface area contributed by atoms with Crippen LogP contribution in [0.3, 0.4) is 0 Å². The highest BCUT2D eigenvalue weighted by molar-refractivity contribution is 6.05. The van der Waals surface area contributed by atoms with Gasteiger partial charge in [-0.25, -0.2) is 9.78 Å². The summed E-state index contributed by atoms with van der Waals surface area (Å²) in [6, 6.07) is 12.6. The van der Waals surface area contributed by atoms with Crippen molar-refractivity contribution >= 4 is 17.6 Å². The van der Waals surface area contributed by atoms with Crippen LogP contribution in [0.15, 0.2) is 54.9 Å². The zero-order chi connectivity index (χ0) is 20.1. The molecule has 0 aliphatic rings. The van der Waals surface area contributed by atoms with Crippen molar-refractivity contribution in [2.75, 3.05) is 11.9 Å². The molecular formula is C22H23N3O3. The Bertz CT molecular complexity index is 991. The maximum Gasteiger partial charge on any atom is 0.338 e. The van der Waals surface area contributed by atoms with Crippen molar-refractivity contribution in [3.05, 3.63) is 82.9 Å². The third-order valence-electron chi connectivity index (χ3n) is 4.48. The predicted molar refractivity (Wildman–Crippen MR) is 108 cm³/mol. The molecule has 6 heteroatoms. The summed E-state index contributed by atoms with van der Waals surface area (Å²) in [5.74, 6) is 0.383. The first-order valence-electron chi connectivity index (χ1n) is 9.13. The van der Waals surface area contributed by atoms with Crippen LogP contribution in [0.4, 0.5) is 5.69 Å². The Balaban J connectivity index is 1.67. The van der Waals surface area contributed by atoms with Crippen molar-refractivity contribution in [1.29, 1.82) is 0 Å². The second kappa shape index (κ2) is 8.52. The lowest BCUT2D eigenvalue weighted by atomic mass is 10.1. The highest BCUT2D eigenvalue weighted by atomic mass is 16.5. The SMILES string of the molecule is CCOC(=O)c1ccc(NC(=O)c2ccc(Cn3ccnc3C)cc2)c(C)c1. The molecule has 0 saturated heterocycles. The number of benzene rings is 2. The number of carbonyl (C=O) groups excluding carboxylic acids is 2. The Morgan fingerprint density at radius 1 is 1.07 bits per heavy atom. The minimum atomic E-state index is -0.368. The molecule has 3 aromatic rings. The molecule has 0 saturated carbocycles. The molecule has 0 aliphatic heterocycles. The maximum absolute atomic E-state index is 12.6. The van der Waals surface area contributed by atoms with Crippen molar-refractivity contribution < 1.29 is 14.3 Å². The van der Waals surface area contributed by atoms with E-state index in [9.17, 15) is 9.59 Å². The highest BCUT2D eigenvalue weighted by Crippen LogP contribution is 2.18. The molecule has 0 spiro atoms. The minimum absolute atomic E-state index is 0.197. The number of nitrogens with zero attached hydrogens (tertiary/aromatic N) is 2. The zero-order valence-electron chi connectivity index (χ0n) is 16.2. The Labute approximate surface area is 164 Å². The van der Waals surface area contributed by atoms with Crippen molar-refractivity contribution in [2.45, 2.75) is 27.3 Å². The van der Waals surface area contributed by atoms with Gasteiger partial charge in [-0.15, -0.1) is 0 Å². The number of carbonyl (C=O) groups is 2. The first kappa shape index (κ1) is 19.4. The minimum Gasteiger partial charge on any atom is -0.462 e. The Kier molecular flexibility index (Phi) is 5.89. The van der Waals surface area contributed by atoms with E-state index in [-0.39, 0.29) is 11.9 Å². The molecule has 0 atom stereocenters. The Morgan fingerprint density at radius 3 is 2.39 bits per heavy atom. The van der Waals surface area contributed by atoms with Gasteiger partial charge in [0.25, 0.3) is 5.91 Å². The van der Waals surface area contributed by atoms with Crippen LogP contribution in [0, 0.1) is 13.8 Å². The molecule has 144 valence electrons. The van der Waals surface area contributed by atoms with E-state index in [4.69, 9.17) is 4.74 Å². The average molecular weight is 377 g/mol. The fraction of sp³-hybridized carbons (Fsp3) is 0.227. The number of esters is 1. The second-order valence-electron chi connectivity index (χ2n) is 6.50. The van der Waals surface area contributed by atoms with Gasteiger partial charge in [0.2, 0.25) is 0 Å². The summed E-state index contributed by atoms with van der Waals surface area (Å²) in [5, 5.41) is 2.89. The average Bonchev–Trinajstić information content (AvgIpc) is 3.08. The molecule has 0 bridgehead atoms. The molecule has 3 rings (SSSR count). The summed E-state index contributed by atoms with van der Waals surface area (Å²) < 4.78 is 7.04. The molecule has 0 radical (unpaired) electrons. The Morgan fingerprint density at radius 2 is 1.79 bits per heavy atom. The van der Waals surface area contributed by atoms with Crippen molar-refractivity contribution in [3.63, 3.8) is 0 Å². The van der Waals surface area contributed by atoms with Crippen LogP contribution in [0.25, 0.3) is 0 Å². The van der Waals surface area contributed by atoms with Gasteiger partial charge < -0.3 is 14.6 Å². The molecule has 1 N–H and O–H groups in total. The molecule has 1 aromatic heterocycles. The molecule has 6 nitrogen and oxygen atoms in total. The van der Waals surface area contributed by atoms with Crippen LogP contribution < -0.4 is 5.32 Å². The zero-order valence-corrected chi connectivity index (χ0v) is 16.2. The summed E-state index contributed by atoms with van der Waals surface area (Å²) in [7, 11) is 0. The first-order valence-corrected chi connectivity index (χ1v) is 9.13. The Hall–Kier alpha value is -3.41. The number of hydrogen-bond donors (Lipinski definition) is 1. The van der Waals surface area contributed by atoms with Crippen LogP contribution in [-0.4, -0.2) is 28.0 Å². The van der Waals surface area contributed by atoms with Crippen LogP contribution in [0.1, 0.15) is 44.6 Å². The van der Waals surface area contributed by atoms with Crippen LogP contribution in [0.5, 0.6) is 0 Å². The first-order chi connectivity index (χ1) is 13.5. The van der Waals surface area contributed by atoms with E-state index in [0.29, 0.717) is 30.0 Å². The number of nitrogens with one attached hydrogen (secondary N) is 1. The number of ether oxygens (including phenoxy) is 1. The van der Waals surface area contributed by atoms with E-state index < -0.39 is 0 Å². The molecule has 28 heavy (non-hydrogen) atoms. The molecule has 0 fully saturated rings. The van der Waals surface area contributed by atoms with E-state index in [2.05, 4.69) is 10.3 Å². The number of amides is 1. The lowest BCUT2D eigenvalue weighted by molar-refractivity contribution is 0.0526. The number of hydrogen-bond acceptors (Lipinski definition) is 4. The third-order valence-corrected chi connectivity index (χ3v) is 4.48. The maximum atomic E-state index is 12.6. The third kappa shape index (κ3) is 4.46. The second-order valence-corrected chi connectivity index (χ2v) is 6.50. The van der Waals surface area contributed by atoms with Gasteiger partial charge in [0.05, 0.1) is 12.2 Å². The molecule has 0 unspecified atom stereocenters. The summed E-state index contributed by atoms with van der Waals surface area (Å²) in [6.45, 7) is 6.60. The summed E-state index contributed by atoms with van der Waals surface area (Å²) in [4.78, 5) is 28.6. The number of imidazole rings is 1. The van der Waals surface area contributed by atoms with Gasteiger partial charge in [-0.2, -0.15) is 0 Å². The van der Waals surface area contributed by atoms with Crippen molar-refractivity contribution in [3.8, 4) is 0 Å². The standard InChI is InChI=1S/C22H23N3O3/c1-4-28-22(27)19-9-10-20(15(2)13-19)24-21(26)18-7-5-17(6-8-18)14-25-12-11-23-16(25)3/h5-13H,4,14H2,1-3H3,(H,24,26). The van der Waals surface area contributed by atoms with E-state index in [1.165, 1.54) is 0 Å². The summed E-state index contributed by atoms with van der Waals surface area (Å²) in [5.41, 5.74) is 3.59. The van der Waals surface area contributed by atoms with Gasteiger partial charge in [-0.3, -0.25) is 4.79 Å². The summed E-state index contributed by atoms with van der Waals surface area (Å²) >= 11 is 0. The quantitative estimate of drug-likeness (QED) is 0.660. The van der Waals surface area contributed by atoms with E-state index >= 15 is 0 Å². The highest BCUT2D eigenvalue weighted by Gasteiger charge is 2.11. The van der Waals surface area contributed by atoms with Crippen LogP contribution in [-0.2, 0) is 11.3 Å². The lowest BCUT2D eigenvalue weighted by Gasteiger charge is -2.11. The number of anilines is 1. The van der Waals surface area contributed by atoms with Gasteiger partial charge in [0, 0.05) is 30.2 Å². The van der Waals surface area contributed by atoms with Gasteiger partial charge >= 0.3 is 5.97 Å². The smallest absolute Gasteiger partial charge is 0.338 e. The fourth-order valence-electron chi connectivity index (χ4n) is 2.87. The predicted octanol–water partition coefficient (Wildman–Crippen LogP) is 3.98. The van der Waals surface area contributed by atoms with Crippen LogP contribution in [0.2, 0.25) is 0 Å². The van der Waals surface area contributed by atoms with Gasteiger partial charge in [-0.05, 0) is 62.2 Å². The molecule has 1 amide bonds. The number of aromatic nitrogens is 2. The fourth-order valence-corrected chi connectivity index (χ4v) is 2.87. The molecular weight excluding hydrogens is 354 g/mol. The van der Waals surface area contributed by atoms with Gasteiger partial charge in [0.1, 0.15) is 5.82 Å². The lowest BCUT2D eigenvalue weighted by Crippen LogP contribution is -2.13. The van der Waals surface area contributed by atoms with E-state index in [1.54, 1.807) is 43.5 Å². The largest absolute Gasteiger partial charge is 0.462 e. The van der Waals surface area contributed by atoms with E-state index in [0.717, 1.165) is 17.0 Å². The number of rotatable bonds is 6. The van der Waals surface area contributed by atoms with Crippen molar-refractivity contribution in [2.24, 2.45) is 0 Å². The topological polar surface area (TPSA) is 73.2 Å². The summed E-state index contributed by atoms with van der Waals surface area (Å²) in [6.07, 6.45) is 3.70. The van der Waals surface area contributed by atoms with Crippen molar-refractivity contribution in [1.82, 2.24) is 9.55 Å². The monoisotopic (exact) mass is 377 g/mol. The molecule has 2 aromatic carbocycles. The van der Waals surface area contributed by atoms with Crippen LogP contribution >= 0.6 is 0 Å². The normalized spacial score (nSPS) is 10.5.